The third-order valence-corrected chi connectivity index (χ3v) is 4.80. The summed E-state index contributed by atoms with van der Waals surface area (Å²) in [7, 11) is 2.16. The highest BCUT2D eigenvalue weighted by molar-refractivity contribution is 6.42. The lowest BCUT2D eigenvalue weighted by molar-refractivity contribution is 0.183. The number of nitrogens with zero attached hydrogens (tertiary/aromatic N) is 2. The van der Waals surface area contributed by atoms with Gasteiger partial charge in [0, 0.05) is 45.3 Å². The molecule has 1 heterocycles. The quantitative estimate of drug-likeness (QED) is 0.901. The number of hydrogen-bond donors (Lipinski definition) is 1. The molecule has 3 nitrogen and oxygen atoms in total. The fraction of sp³-hybridized carbons (Fsp3) is 0.600. The summed E-state index contributed by atoms with van der Waals surface area (Å²) in [6.45, 7) is 8.88. The van der Waals surface area contributed by atoms with Gasteiger partial charge >= 0.3 is 0 Å². The first-order valence-corrected chi connectivity index (χ1v) is 7.92. The number of halogens is 2. The van der Waals surface area contributed by atoms with Crippen LogP contribution in [0.15, 0.2) is 18.2 Å². The van der Waals surface area contributed by atoms with Gasteiger partial charge in [-0.05, 0) is 31.7 Å². The number of benzene rings is 1. The van der Waals surface area contributed by atoms with Crippen molar-refractivity contribution in [3.63, 3.8) is 0 Å². The highest BCUT2D eigenvalue weighted by Crippen LogP contribution is 2.27. The van der Waals surface area contributed by atoms with Crippen molar-refractivity contribution in [2.45, 2.75) is 13.0 Å². The molecule has 1 aromatic carbocycles. The predicted molar refractivity (Wildman–Crippen MR) is 86.8 cm³/mol. The van der Waals surface area contributed by atoms with E-state index in [2.05, 4.69) is 35.2 Å². The van der Waals surface area contributed by atoms with Gasteiger partial charge in [0.05, 0.1) is 10.0 Å². The third kappa shape index (κ3) is 4.34. The molecule has 1 atom stereocenters. The van der Waals surface area contributed by atoms with Crippen LogP contribution in [0.5, 0.6) is 0 Å². The number of likely N-dealkylation sites (N-methyl/N-ethyl adjacent to an activating group) is 1. The van der Waals surface area contributed by atoms with E-state index < -0.39 is 0 Å². The van der Waals surface area contributed by atoms with Crippen LogP contribution in [0.25, 0.3) is 0 Å². The lowest BCUT2D eigenvalue weighted by Gasteiger charge is -2.31. The molecule has 0 bridgehead atoms. The molecule has 20 heavy (non-hydrogen) atoms. The molecule has 5 heteroatoms. The summed E-state index contributed by atoms with van der Waals surface area (Å²) in [5.41, 5.74) is 1.21. The van der Waals surface area contributed by atoms with E-state index in [9.17, 15) is 0 Å². The number of piperazine rings is 1. The molecule has 1 N–H and O–H groups in total. The van der Waals surface area contributed by atoms with Gasteiger partial charge in [-0.15, -0.1) is 0 Å². The van der Waals surface area contributed by atoms with Crippen LogP contribution in [-0.2, 0) is 0 Å². The Morgan fingerprint density at radius 2 is 1.95 bits per heavy atom. The maximum Gasteiger partial charge on any atom is 0.0595 e. The summed E-state index contributed by atoms with van der Waals surface area (Å²) in [5, 5.41) is 4.63. The van der Waals surface area contributed by atoms with Gasteiger partial charge in [-0.25, -0.2) is 0 Å². The predicted octanol–water partition coefficient (Wildman–Crippen LogP) is 2.89. The summed E-state index contributed by atoms with van der Waals surface area (Å²) in [5.74, 6) is 0. The molecule has 1 unspecified atom stereocenters. The minimum Gasteiger partial charge on any atom is -0.314 e. The largest absolute Gasteiger partial charge is 0.314 e. The third-order valence-electron chi connectivity index (χ3n) is 4.07. The molecule has 1 fully saturated rings. The van der Waals surface area contributed by atoms with Gasteiger partial charge in [0.15, 0.2) is 0 Å². The zero-order chi connectivity index (χ0) is 14.5. The van der Waals surface area contributed by atoms with Crippen molar-refractivity contribution in [2.24, 2.45) is 0 Å². The monoisotopic (exact) mass is 315 g/mol. The van der Waals surface area contributed by atoms with E-state index in [-0.39, 0.29) is 0 Å². The van der Waals surface area contributed by atoms with Crippen LogP contribution in [0.2, 0.25) is 10.0 Å². The highest BCUT2D eigenvalue weighted by atomic mass is 35.5. The van der Waals surface area contributed by atoms with E-state index in [4.69, 9.17) is 23.2 Å². The Kier molecular flexibility index (Phi) is 6.12. The molecule has 0 spiro atoms. The maximum absolute atomic E-state index is 6.10. The zero-order valence-corrected chi connectivity index (χ0v) is 13.7. The SMILES string of the molecule is CC(c1ccc(Cl)c(Cl)c1)N(C)CCN1CCNCC1. The average molecular weight is 316 g/mol. The lowest BCUT2D eigenvalue weighted by atomic mass is 10.1. The Morgan fingerprint density at radius 1 is 1.25 bits per heavy atom. The van der Waals surface area contributed by atoms with Crippen LogP contribution in [0.4, 0.5) is 0 Å². The van der Waals surface area contributed by atoms with E-state index in [1.165, 1.54) is 5.56 Å². The van der Waals surface area contributed by atoms with Crippen molar-refractivity contribution < 1.29 is 0 Å². The van der Waals surface area contributed by atoms with Crippen molar-refractivity contribution >= 4 is 23.2 Å². The molecule has 1 aliphatic rings. The summed E-state index contributed by atoms with van der Waals surface area (Å²) in [4.78, 5) is 4.87. The van der Waals surface area contributed by atoms with E-state index >= 15 is 0 Å². The number of rotatable bonds is 5. The van der Waals surface area contributed by atoms with Gasteiger partial charge in [0.1, 0.15) is 0 Å². The fourth-order valence-electron chi connectivity index (χ4n) is 2.45. The van der Waals surface area contributed by atoms with Crippen molar-refractivity contribution in [2.75, 3.05) is 46.3 Å². The average Bonchev–Trinajstić information content (AvgIpc) is 2.48. The molecule has 2 rings (SSSR count). The Labute approximate surface area is 131 Å². The smallest absolute Gasteiger partial charge is 0.0595 e. The van der Waals surface area contributed by atoms with Gasteiger partial charge in [-0.3, -0.25) is 9.80 Å². The Morgan fingerprint density at radius 3 is 2.60 bits per heavy atom. The lowest BCUT2D eigenvalue weighted by Crippen LogP contribution is -2.46. The topological polar surface area (TPSA) is 18.5 Å². The second-order valence-electron chi connectivity index (χ2n) is 5.42. The van der Waals surface area contributed by atoms with Crippen molar-refractivity contribution in [1.82, 2.24) is 15.1 Å². The van der Waals surface area contributed by atoms with E-state index in [0.29, 0.717) is 16.1 Å². The van der Waals surface area contributed by atoms with E-state index in [0.717, 1.165) is 39.3 Å². The van der Waals surface area contributed by atoms with Gasteiger partial charge in [0.2, 0.25) is 0 Å². The normalized spacial score (nSPS) is 18.4. The first-order valence-electron chi connectivity index (χ1n) is 7.16. The van der Waals surface area contributed by atoms with E-state index in [1.54, 1.807) is 0 Å². The van der Waals surface area contributed by atoms with Gasteiger partial charge < -0.3 is 5.32 Å². The summed E-state index contributed by atoms with van der Waals surface area (Å²) in [6, 6.07) is 6.24. The molecular weight excluding hydrogens is 293 g/mol. The number of nitrogens with one attached hydrogen (secondary N) is 1. The second kappa shape index (κ2) is 7.62. The summed E-state index contributed by atoms with van der Waals surface area (Å²) < 4.78 is 0. The standard InChI is InChI=1S/C15H23Cl2N3/c1-12(13-3-4-14(16)15(17)11-13)19(2)9-10-20-7-5-18-6-8-20/h3-4,11-12,18H,5-10H2,1-2H3. The molecule has 0 aromatic heterocycles. The summed E-state index contributed by atoms with van der Waals surface area (Å²) in [6.07, 6.45) is 0. The molecule has 0 amide bonds. The van der Waals surface area contributed by atoms with E-state index in [1.807, 2.05) is 12.1 Å². The molecule has 0 saturated carbocycles. The molecule has 0 radical (unpaired) electrons. The Hall–Kier alpha value is -0.320. The van der Waals surface area contributed by atoms with Gasteiger partial charge in [0.25, 0.3) is 0 Å². The number of hydrogen-bond acceptors (Lipinski definition) is 3. The van der Waals surface area contributed by atoms with Crippen molar-refractivity contribution in [3.05, 3.63) is 33.8 Å². The first kappa shape index (κ1) is 16.1. The van der Waals surface area contributed by atoms with Gasteiger partial charge in [-0.2, -0.15) is 0 Å². The molecule has 0 aliphatic carbocycles. The van der Waals surface area contributed by atoms with Gasteiger partial charge in [-0.1, -0.05) is 29.3 Å². The molecule has 112 valence electrons. The second-order valence-corrected chi connectivity index (χ2v) is 6.24. The minimum atomic E-state index is 0.340. The van der Waals surface area contributed by atoms with Crippen LogP contribution < -0.4 is 5.32 Å². The molecular formula is C15H23Cl2N3. The van der Waals surface area contributed by atoms with Crippen LogP contribution in [0.1, 0.15) is 18.5 Å². The fourth-order valence-corrected chi connectivity index (χ4v) is 2.76. The first-order chi connectivity index (χ1) is 9.58. The summed E-state index contributed by atoms with van der Waals surface area (Å²) >= 11 is 12.1. The Balaban J connectivity index is 1.87. The van der Waals surface area contributed by atoms with Crippen LogP contribution in [0.3, 0.4) is 0 Å². The molecule has 1 aromatic rings. The van der Waals surface area contributed by atoms with Crippen LogP contribution in [-0.4, -0.2) is 56.1 Å². The molecule has 1 aliphatic heterocycles. The van der Waals surface area contributed by atoms with Crippen molar-refractivity contribution in [1.29, 1.82) is 0 Å². The maximum atomic E-state index is 6.10. The zero-order valence-electron chi connectivity index (χ0n) is 12.2. The highest BCUT2D eigenvalue weighted by Gasteiger charge is 2.15. The van der Waals surface area contributed by atoms with Crippen molar-refractivity contribution in [3.8, 4) is 0 Å². The molecule has 1 saturated heterocycles. The Bertz CT molecular complexity index is 433. The van der Waals surface area contributed by atoms with Crippen LogP contribution in [0, 0.1) is 0 Å². The minimum absolute atomic E-state index is 0.340. The van der Waals surface area contributed by atoms with Crippen LogP contribution >= 0.6 is 23.2 Å².